The lowest BCUT2D eigenvalue weighted by Gasteiger charge is -1.97. The van der Waals surface area contributed by atoms with Crippen molar-refractivity contribution >= 4 is 11.8 Å². The average Bonchev–Trinajstić information content (AvgIpc) is 2.82. The predicted molar refractivity (Wildman–Crippen MR) is 59.7 cm³/mol. The van der Waals surface area contributed by atoms with E-state index < -0.39 is 0 Å². The van der Waals surface area contributed by atoms with Gasteiger partial charge in [-0.3, -0.25) is 4.68 Å². The maximum absolute atomic E-state index is 5.38. The quantitative estimate of drug-likeness (QED) is 0.797. The van der Waals surface area contributed by atoms with Crippen LogP contribution in [0.3, 0.4) is 0 Å². The van der Waals surface area contributed by atoms with Crippen LogP contribution in [0.15, 0.2) is 15.7 Å². The van der Waals surface area contributed by atoms with Gasteiger partial charge in [0.15, 0.2) is 0 Å². The minimum atomic E-state index is 0.276. The first-order valence-electron chi connectivity index (χ1n) is 4.84. The average molecular weight is 239 g/mol. The van der Waals surface area contributed by atoms with Gasteiger partial charge < -0.3 is 10.2 Å². The summed E-state index contributed by atoms with van der Waals surface area (Å²) in [5, 5.41) is 12.5. The summed E-state index contributed by atoms with van der Waals surface area (Å²) in [5.41, 5.74) is 7.50. The Hall–Kier alpha value is -1.34. The third kappa shape index (κ3) is 2.42. The number of aryl methyl sites for hydroxylation is 2. The van der Waals surface area contributed by atoms with Gasteiger partial charge in [-0.25, -0.2) is 0 Å². The summed E-state index contributed by atoms with van der Waals surface area (Å²) in [5.74, 6) is 1.22. The molecule has 0 amide bonds. The molecule has 0 aliphatic rings. The van der Waals surface area contributed by atoms with Crippen LogP contribution in [0, 0.1) is 6.92 Å². The normalized spacial score (nSPS) is 10.9. The highest BCUT2D eigenvalue weighted by Crippen LogP contribution is 2.21. The van der Waals surface area contributed by atoms with Crippen molar-refractivity contribution in [3.8, 4) is 0 Å². The van der Waals surface area contributed by atoms with Gasteiger partial charge in [-0.15, -0.1) is 10.2 Å². The molecule has 0 spiro atoms. The van der Waals surface area contributed by atoms with E-state index in [2.05, 4.69) is 15.3 Å². The molecule has 0 bridgehead atoms. The molecule has 86 valence electrons. The molecule has 0 unspecified atom stereocenters. The molecule has 6 nitrogen and oxygen atoms in total. The smallest absolute Gasteiger partial charge is 0.277 e. The first-order chi connectivity index (χ1) is 7.69. The van der Waals surface area contributed by atoms with Gasteiger partial charge in [0.05, 0.1) is 12.2 Å². The van der Waals surface area contributed by atoms with E-state index in [0.717, 1.165) is 17.1 Å². The van der Waals surface area contributed by atoms with Crippen molar-refractivity contribution < 1.29 is 4.42 Å². The molecule has 7 heteroatoms. The lowest BCUT2D eigenvalue weighted by molar-refractivity contribution is 0.414. The Morgan fingerprint density at radius 1 is 1.50 bits per heavy atom. The Balaban J connectivity index is 1.99. The van der Waals surface area contributed by atoms with E-state index >= 15 is 0 Å². The van der Waals surface area contributed by atoms with E-state index in [-0.39, 0.29) is 6.54 Å². The second-order valence-electron chi connectivity index (χ2n) is 3.36. The molecule has 2 aromatic rings. The van der Waals surface area contributed by atoms with Gasteiger partial charge in [-0.1, -0.05) is 11.8 Å². The zero-order chi connectivity index (χ0) is 11.5. The highest BCUT2D eigenvalue weighted by molar-refractivity contribution is 7.98. The summed E-state index contributed by atoms with van der Waals surface area (Å²) in [7, 11) is 1.92. The maximum atomic E-state index is 5.38. The van der Waals surface area contributed by atoms with E-state index in [4.69, 9.17) is 10.2 Å². The van der Waals surface area contributed by atoms with Crippen molar-refractivity contribution in [2.75, 3.05) is 0 Å². The molecule has 0 fully saturated rings. The minimum Gasteiger partial charge on any atom is -0.415 e. The zero-order valence-electron chi connectivity index (χ0n) is 9.17. The number of rotatable bonds is 4. The lowest BCUT2D eigenvalue weighted by atomic mass is 10.4. The fourth-order valence-corrected chi connectivity index (χ4v) is 2.11. The van der Waals surface area contributed by atoms with Gasteiger partial charge in [-0.05, 0) is 13.0 Å². The molecule has 0 saturated carbocycles. The van der Waals surface area contributed by atoms with Gasteiger partial charge in [0, 0.05) is 18.5 Å². The second kappa shape index (κ2) is 4.67. The molecule has 2 heterocycles. The number of thioether (sulfide) groups is 1. The van der Waals surface area contributed by atoms with Crippen LogP contribution in [0.1, 0.15) is 17.3 Å². The highest BCUT2D eigenvalue weighted by Gasteiger charge is 2.08. The zero-order valence-corrected chi connectivity index (χ0v) is 9.99. The molecular weight excluding hydrogens is 226 g/mol. The van der Waals surface area contributed by atoms with Crippen LogP contribution in [-0.2, 0) is 19.3 Å². The molecule has 0 aromatic carbocycles. The van der Waals surface area contributed by atoms with Crippen LogP contribution in [0.2, 0.25) is 0 Å². The molecule has 2 rings (SSSR count). The molecule has 16 heavy (non-hydrogen) atoms. The van der Waals surface area contributed by atoms with Crippen molar-refractivity contribution in [3.63, 3.8) is 0 Å². The molecule has 0 saturated heterocycles. The van der Waals surface area contributed by atoms with E-state index in [9.17, 15) is 0 Å². The first kappa shape index (κ1) is 11.2. The van der Waals surface area contributed by atoms with Crippen LogP contribution >= 0.6 is 11.8 Å². The number of nitrogens with zero attached hydrogens (tertiary/aromatic N) is 4. The summed E-state index contributed by atoms with van der Waals surface area (Å²) >= 11 is 1.48. The van der Waals surface area contributed by atoms with Gasteiger partial charge >= 0.3 is 0 Å². The third-order valence-corrected chi connectivity index (χ3v) is 2.92. The fraction of sp³-hybridized carbons (Fsp3) is 0.444. The molecule has 0 aliphatic carbocycles. The standard InChI is InChI=1S/C9H13N5OS/c1-6-3-7(14(2)13-6)5-16-9-12-11-8(4-10)15-9/h3H,4-5,10H2,1-2H3. The van der Waals surface area contributed by atoms with Crippen LogP contribution < -0.4 is 5.73 Å². The molecule has 2 N–H and O–H groups in total. The van der Waals surface area contributed by atoms with E-state index in [1.54, 1.807) is 0 Å². The second-order valence-corrected chi connectivity index (χ2v) is 4.28. The summed E-state index contributed by atoms with van der Waals surface area (Å²) < 4.78 is 7.14. The van der Waals surface area contributed by atoms with Gasteiger partial charge in [0.1, 0.15) is 0 Å². The number of aromatic nitrogens is 4. The number of hydrogen-bond donors (Lipinski definition) is 1. The Kier molecular flexibility index (Phi) is 3.25. The lowest BCUT2D eigenvalue weighted by Crippen LogP contribution is -1.96. The van der Waals surface area contributed by atoms with Crippen LogP contribution in [0.4, 0.5) is 0 Å². The molecule has 0 atom stereocenters. The van der Waals surface area contributed by atoms with Gasteiger partial charge in [0.2, 0.25) is 5.89 Å². The Morgan fingerprint density at radius 2 is 2.31 bits per heavy atom. The van der Waals surface area contributed by atoms with Crippen LogP contribution in [0.5, 0.6) is 0 Å². The SMILES string of the molecule is Cc1cc(CSc2nnc(CN)o2)n(C)n1. The van der Waals surface area contributed by atoms with Crippen molar-refractivity contribution in [2.24, 2.45) is 12.8 Å². The van der Waals surface area contributed by atoms with Crippen LogP contribution in [-0.4, -0.2) is 20.0 Å². The number of nitrogens with two attached hydrogens (primary N) is 1. The molecular formula is C9H13N5OS. The van der Waals surface area contributed by atoms with Gasteiger partial charge in [0.25, 0.3) is 5.22 Å². The van der Waals surface area contributed by atoms with Crippen molar-refractivity contribution in [1.82, 2.24) is 20.0 Å². The maximum Gasteiger partial charge on any atom is 0.277 e. The Morgan fingerprint density at radius 3 is 2.88 bits per heavy atom. The first-order valence-corrected chi connectivity index (χ1v) is 5.82. The summed E-state index contributed by atoms with van der Waals surface area (Å²) in [6.45, 7) is 2.24. The van der Waals surface area contributed by atoms with Gasteiger partial charge in [-0.2, -0.15) is 5.10 Å². The molecule has 2 aromatic heterocycles. The van der Waals surface area contributed by atoms with Crippen molar-refractivity contribution in [2.45, 2.75) is 24.4 Å². The topological polar surface area (TPSA) is 82.8 Å². The highest BCUT2D eigenvalue weighted by atomic mass is 32.2. The van der Waals surface area contributed by atoms with Crippen molar-refractivity contribution in [1.29, 1.82) is 0 Å². The molecule has 0 aliphatic heterocycles. The predicted octanol–water partition coefficient (Wildman–Crippen LogP) is 0.863. The monoisotopic (exact) mass is 239 g/mol. The molecule has 0 radical (unpaired) electrons. The number of hydrogen-bond acceptors (Lipinski definition) is 6. The van der Waals surface area contributed by atoms with Crippen molar-refractivity contribution in [3.05, 3.63) is 23.3 Å². The summed E-state index contributed by atoms with van der Waals surface area (Å²) in [4.78, 5) is 0. The van der Waals surface area contributed by atoms with E-state index in [0.29, 0.717) is 11.1 Å². The summed E-state index contributed by atoms with van der Waals surface area (Å²) in [6.07, 6.45) is 0. The Bertz CT molecular complexity index is 478. The Labute approximate surface area is 97.2 Å². The largest absolute Gasteiger partial charge is 0.415 e. The van der Waals surface area contributed by atoms with E-state index in [1.165, 1.54) is 11.8 Å². The third-order valence-electron chi connectivity index (χ3n) is 2.07. The van der Waals surface area contributed by atoms with Crippen LogP contribution in [0.25, 0.3) is 0 Å². The van der Waals surface area contributed by atoms with E-state index in [1.807, 2.05) is 24.7 Å². The fourth-order valence-electron chi connectivity index (χ4n) is 1.31. The summed E-state index contributed by atoms with van der Waals surface area (Å²) in [6, 6.07) is 2.03. The minimum absolute atomic E-state index is 0.276.